The first-order chi connectivity index (χ1) is 9.51. The van der Waals surface area contributed by atoms with E-state index in [1.165, 1.54) is 13.2 Å². The number of ether oxygens (including phenoxy) is 1. The molecule has 0 atom stereocenters. The maximum Gasteiger partial charge on any atom is 0.340 e. The average Bonchev–Trinajstić information content (AvgIpc) is 2.41. The zero-order chi connectivity index (χ0) is 14.7. The van der Waals surface area contributed by atoms with Gasteiger partial charge in [0.2, 0.25) is 0 Å². The van der Waals surface area contributed by atoms with Crippen LogP contribution in [0.15, 0.2) is 36.4 Å². The molecule has 0 aliphatic heterocycles. The lowest BCUT2D eigenvalue weighted by Crippen LogP contribution is -2.07. The minimum Gasteiger partial charge on any atom is -0.465 e. The fourth-order valence-electron chi connectivity index (χ4n) is 1.69. The normalized spacial score (nSPS) is 10.2. The lowest BCUT2D eigenvalue weighted by atomic mass is 10.1. The van der Waals surface area contributed by atoms with Crippen molar-refractivity contribution in [3.05, 3.63) is 51.3 Å². The van der Waals surface area contributed by atoms with E-state index in [1.807, 2.05) is 18.2 Å². The van der Waals surface area contributed by atoms with Crippen LogP contribution in [0, 0.1) is 9.39 Å². The predicted octanol–water partition coefficient (Wildman–Crippen LogP) is 3.54. The van der Waals surface area contributed by atoms with Gasteiger partial charge in [-0.3, -0.25) is 0 Å². The van der Waals surface area contributed by atoms with Crippen LogP contribution in [0.1, 0.15) is 10.4 Å². The Kier molecular flexibility index (Phi) is 4.43. The fourth-order valence-corrected chi connectivity index (χ4v) is 2.24. The Morgan fingerprint density at radius 3 is 2.75 bits per heavy atom. The molecule has 0 aliphatic rings. The van der Waals surface area contributed by atoms with Crippen LogP contribution in [0.4, 0.5) is 21.5 Å². The number of hydrogen-bond acceptors (Lipinski definition) is 4. The van der Waals surface area contributed by atoms with Crippen molar-refractivity contribution >= 4 is 45.6 Å². The maximum atomic E-state index is 13.9. The highest BCUT2D eigenvalue weighted by molar-refractivity contribution is 14.1. The van der Waals surface area contributed by atoms with Crippen molar-refractivity contribution in [1.29, 1.82) is 0 Å². The quantitative estimate of drug-likeness (QED) is 0.481. The maximum absolute atomic E-state index is 13.9. The van der Waals surface area contributed by atoms with Crippen LogP contribution in [0.2, 0.25) is 0 Å². The number of nitrogens with one attached hydrogen (secondary N) is 1. The van der Waals surface area contributed by atoms with Gasteiger partial charge in [0.25, 0.3) is 0 Å². The van der Waals surface area contributed by atoms with Crippen LogP contribution in [-0.2, 0) is 4.74 Å². The van der Waals surface area contributed by atoms with Crippen molar-refractivity contribution in [2.45, 2.75) is 0 Å². The van der Waals surface area contributed by atoms with Gasteiger partial charge in [-0.05, 0) is 52.9 Å². The first-order valence-corrected chi connectivity index (χ1v) is 6.79. The molecular weight excluding hydrogens is 374 g/mol. The summed E-state index contributed by atoms with van der Waals surface area (Å²) in [6, 6.07) is 9.87. The van der Waals surface area contributed by atoms with Crippen LogP contribution < -0.4 is 11.1 Å². The molecule has 6 heteroatoms. The van der Waals surface area contributed by atoms with Crippen LogP contribution in [0.3, 0.4) is 0 Å². The number of esters is 1. The minimum absolute atomic E-state index is 0.0440. The SMILES string of the molecule is COC(=O)c1cc(Nc2cccc(I)c2)c(F)cc1N. The van der Waals surface area contributed by atoms with Crippen molar-refractivity contribution < 1.29 is 13.9 Å². The summed E-state index contributed by atoms with van der Waals surface area (Å²) in [5, 5.41) is 2.92. The number of nitrogen functional groups attached to an aromatic ring is 1. The summed E-state index contributed by atoms with van der Waals surface area (Å²) in [5.41, 5.74) is 6.67. The third-order valence-electron chi connectivity index (χ3n) is 2.65. The molecule has 0 saturated heterocycles. The summed E-state index contributed by atoms with van der Waals surface area (Å²) in [6.45, 7) is 0. The third-order valence-corrected chi connectivity index (χ3v) is 3.32. The molecule has 0 spiro atoms. The van der Waals surface area contributed by atoms with Crippen molar-refractivity contribution in [3.63, 3.8) is 0 Å². The first-order valence-electron chi connectivity index (χ1n) is 5.71. The lowest BCUT2D eigenvalue weighted by molar-refractivity contribution is 0.0602. The number of halogens is 2. The molecule has 2 rings (SSSR count). The summed E-state index contributed by atoms with van der Waals surface area (Å²) in [5.74, 6) is -1.14. The molecule has 0 heterocycles. The lowest BCUT2D eigenvalue weighted by Gasteiger charge is -2.11. The van der Waals surface area contributed by atoms with Gasteiger partial charge in [-0.25, -0.2) is 9.18 Å². The molecule has 0 aromatic heterocycles. The number of hydrogen-bond donors (Lipinski definition) is 2. The second-order valence-electron chi connectivity index (χ2n) is 4.05. The summed E-state index contributed by atoms with van der Waals surface area (Å²) in [4.78, 5) is 11.6. The molecule has 0 unspecified atom stereocenters. The molecule has 104 valence electrons. The number of methoxy groups -OCH3 is 1. The minimum atomic E-state index is -0.604. The predicted molar refractivity (Wildman–Crippen MR) is 84.6 cm³/mol. The van der Waals surface area contributed by atoms with Gasteiger partial charge < -0.3 is 15.8 Å². The Bertz CT molecular complexity index is 662. The monoisotopic (exact) mass is 386 g/mol. The van der Waals surface area contributed by atoms with Crippen molar-refractivity contribution in [2.75, 3.05) is 18.2 Å². The molecule has 0 bridgehead atoms. The van der Waals surface area contributed by atoms with E-state index in [1.54, 1.807) is 6.07 Å². The second-order valence-corrected chi connectivity index (χ2v) is 5.29. The third kappa shape index (κ3) is 3.19. The first kappa shape index (κ1) is 14.6. The number of benzene rings is 2. The Morgan fingerprint density at radius 2 is 2.10 bits per heavy atom. The number of carbonyl (C=O) groups is 1. The van der Waals surface area contributed by atoms with Crippen molar-refractivity contribution in [1.82, 2.24) is 0 Å². The number of nitrogens with two attached hydrogens (primary N) is 1. The highest BCUT2D eigenvalue weighted by atomic mass is 127. The topological polar surface area (TPSA) is 64.3 Å². The zero-order valence-electron chi connectivity index (χ0n) is 10.6. The smallest absolute Gasteiger partial charge is 0.340 e. The molecule has 0 saturated carbocycles. The van der Waals surface area contributed by atoms with E-state index in [0.717, 1.165) is 15.3 Å². The van der Waals surface area contributed by atoms with Crippen LogP contribution >= 0.6 is 22.6 Å². The summed E-state index contributed by atoms with van der Waals surface area (Å²) >= 11 is 2.16. The van der Waals surface area contributed by atoms with E-state index < -0.39 is 11.8 Å². The van der Waals surface area contributed by atoms with Gasteiger partial charge in [-0.2, -0.15) is 0 Å². The number of anilines is 3. The average molecular weight is 386 g/mol. The molecule has 20 heavy (non-hydrogen) atoms. The van der Waals surface area contributed by atoms with Crippen LogP contribution in [0.5, 0.6) is 0 Å². The molecule has 2 aromatic carbocycles. The van der Waals surface area contributed by atoms with E-state index in [9.17, 15) is 9.18 Å². The Hall–Kier alpha value is -1.83. The molecule has 0 aliphatic carbocycles. The molecule has 0 amide bonds. The van der Waals surface area contributed by atoms with Gasteiger partial charge >= 0.3 is 5.97 Å². The molecule has 0 radical (unpaired) electrons. The van der Waals surface area contributed by atoms with E-state index in [2.05, 4.69) is 32.6 Å². The van der Waals surface area contributed by atoms with Gasteiger partial charge in [-0.15, -0.1) is 0 Å². The standard InChI is InChI=1S/C14H12FIN2O2/c1-20-14(19)10-6-13(11(15)7-12(10)17)18-9-4-2-3-8(16)5-9/h2-7,18H,17H2,1H3. The van der Waals surface area contributed by atoms with E-state index in [-0.39, 0.29) is 16.9 Å². The zero-order valence-corrected chi connectivity index (χ0v) is 12.8. The van der Waals surface area contributed by atoms with Crippen LogP contribution in [0.25, 0.3) is 0 Å². The summed E-state index contributed by atoms with van der Waals surface area (Å²) in [7, 11) is 1.25. The van der Waals surface area contributed by atoms with Gasteiger partial charge in [0, 0.05) is 14.9 Å². The summed E-state index contributed by atoms with van der Waals surface area (Å²) < 4.78 is 19.5. The molecule has 4 nitrogen and oxygen atoms in total. The Balaban J connectivity index is 2.39. The highest BCUT2D eigenvalue weighted by Gasteiger charge is 2.14. The second kappa shape index (κ2) is 6.08. The van der Waals surface area contributed by atoms with Gasteiger partial charge in [-0.1, -0.05) is 6.07 Å². The molecule has 0 fully saturated rings. The summed E-state index contributed by atoms with van der Waals surface area (Å²) in [6.07, 6.45) is 0. The van der Waals surface area contributed by atoms with E-state index in [4.69, 9.17) is 5.73 Å². The number of rotatable bonds is 3. The van der Waals surface area contributed by atoms with Crippen LogP contribution in [-0.4, -0.2) is 13.1 Å². The van der Waals surface area contributed by atoms with Crippen molar-refractivity contribution in [2.24, 2.45) is 0 Å². The fraction of sp³-hybridized carbons (Fsp3) is 0.0714. The Morgan fingerprint density at radius 1 is 1.35 bits per heavy atom. The van der Waals surface area contributed by atoms with Gasteiger partial charge in [0.15, 0.2) is 0 Å². The molecule has 3 N–H and O–H groups in total. The highest BCUT2D eigenvalue weighted by Crippen LogP contribution is 2.26. The number of carbonyl (C=O) groups excluding carboxylic acids is 1. The molecular formula is C14H12FIN2O2. The largest absolute Gasteiger partial charge is 0.465 e. The molecule has 2 aromatic rings. The Labute approximate surface area is 129 Å². The van der Waals surface area contributed by atoms with Crippen molar-refractivity contribution in [3.8, 4) is 0 Å². The van der Waals surface area contributed by atoms with E-state index in [0.29, 0.717) is 0 Å². The van der Waals surface area contributed by atoms with E-state index >= 15 is 0 Å². The van der Waals surface area contributed by atoms with Gasteiger partial charge in [0.05, 0.1) is 18.4 Å². The van der Waals surface area contributed by atoms with Gasteiger partial charge in [0.1, 0.15) is 5.82 Å².